The van der Waals surface area contributed by atoms with Crippen molar-refractivity contribution in [2.75, 3.05) is 31.6 Å². The van der Waals surface area contributed by atoms with E-state index in [9.17, 15) is 0 Å². The van der Waals surface area contributed by atoms with Crippen molar-refractivity contribution in [3.63, 3.8) is 0 Å². The second-order valence-corrected chi connectivity index (χ2v) is 5.76. The number of piperidine rings is 1. The molecule has 2 atom stereocenters. The van der Waals surface area contributed by atoms with Crippen LogP contribution in [0.1, 0.15) is 29.0 Å². The third kappa shape index (κ3) is 1.75. The highest BCUT2D eigenvalue weighted by atomic mass is 15.1. The zero-order valence-corrected chi connectivity index (χ0v) is 11.1. The molecule has 0 saturated carbocycles. The molecule has 0 aliphatic carbocycles. The second kappa shape index (κ2) is 4.02. The SMILES string of the molecule is Cc1cc(C)c2c(c1)C1CCNCC1CN2C. The van der Waals surface area contributed by atoms with Gasteiger partial charge in [-0.2, -0.15) is 0 Å². The first-order valence-corrected chi connectivity index (χ1v) is 6.70. The monoisotopic (exact) mass is 230 g/mol. The van der Waals surface area contributed by atoms with Crippen molar-refractivity contribution in [2.24, 2.45) is 5.92 Å². The van der Waals surface area contributed by atoms with Crippen LogP contribution < -0.4 is 10.2 Å². The molecule has 1 fully saturated rings. The molecule has 2 heteroatoms. The lowest BCUT2D eigenvalue weighted by Gasteiger charge is -2.43. The lowest BCUT2D eigenvalue weighted by Crippen LogP contribution is -2.45. The lowest BCUT2D eigenvalue weighted by molar-refractivity contribution is 0.318. The van der Waals surface area contributed by atoms with Crippen LogP contribution in [0.2, 0.25) is 0 Å². The van der Waals surface area contributed by atoms with Gasteiger partial charge in [-0.25, -0.2) is 0 Å². The second-order valence-electron chi connectivity index (χ2n) is 5.76. The molecular weight excluding hydrogens is 208 g/mol. The Morgan fingerprint density at radius 2 is 2.12 bits per heavy atom. The number of nitrogens with zero attached hydrogens (tertiary/aromatic N) is 1. The largest absolute Gasteiger partial charge is 0.374 e. The van der Waals surface area contributed by atoms with Crippen LogP contribution in [0.15, 0.2) is 12.1 Å². The summed E-state index contributed by atoms with van der Waals surface area (Å²) in [7, 11) is 2.24. The number of hydrogen-bond acceptors (Lipinski definition) is 2. The van der Waals surface area contributed by atoms with Crippen LogP contribution in [0.25, 0.3) is 0 Å². The Kier molecular flexibility index (Phi) is 2.62. The Bertz CT molecular complexity index is 439. The van der Waals surface area contributed by atoms with E-state index in [0.29, 0.717) is 0 Å². The summed E-state index contributed by atoms with van der Waals surface area (Å²) in [5, 5.41) is 3.54. The number of benzene rings is 1. The molecule has 2 unspecified atom stereocenters. The predicted octanol–water partition coefficient (Wildman–Crippen LogP) is 2.45. The van der Waals surface area contributed by atoms with E-state index in [4.69, 9.17) is 0 Å². The minimum Gasteiger partial charge on any atom is -0.374 e. The van der Waals surface area contributed by atoms with E-state index in [1.54, 1.807) is 5.56 Å². The van der Waals surface area contributed by atoms with Gasteiger partial charge in [-0.15, -0.1) is 0 Å². The van der Waals surface area contributed by atoms with Crippen molar-refractivity contribution in [2.45, 2.75) is 26.2 Å². The third-order valence-corrected chi connectivity index (χ3v) is 4.37. The predicted molar refractivity (Wildman–Crippen MR) is 72.9 cm³/mol. The Balaban J connectivity index is 2.11. The molecular formula is C15H22N2. The van der Waals surface area contributed by atoms with Crippen LogP contribution in [-0.2, 0) is 0 Å². The summed E-state index contributed by atoms with van der Waals surface area (Å²) < 4.78 is 0. The molecule has 1 saturated heterocycles. The summed E-state index contributed by atoms with van der Waals surface area (Å²) in [4.78, 5) is 2.46. The van der Waals surface area contributed by atoms with E-state index >= 15 is 0 Å². The first kappa shape index (κ1) is 11.1. The van der Waals surface area contributed by atoms with Gasteiger partial charge in [0.25, 0.3) is 0 Å². The maximum Gasteiger partial charge on any atom is 0.0429 e. The molecule has 1 aromatic carbocycles. The molecule has 1 N–H and O–H groups in total. The van der Waals surface area contributed by atoms with Crippen molar-refractivity contribution in [3.05, 3.63) is 28.8 Å². The summed E-state index contributed by atoms with van der Waals surface area (Å²) in [5.74, 6) is 1.57. The summed E-state index contributed by atoms with van der Waals surface area (Å²) in [5.41, 5.74) is 5.95. The lowest BCUT2D eigenvalue weighted by atomic mass is 9.76. The molecule has 0 spiro atoms. The Morgan fingerprint density at radius 3 is 2.94 bits per heavy atom. The van der Waals surface area contributed by atoms with Crippen LogP contribution in [0.4, 0.5) is 5.69 Å². The van der Waals surface area contributed by atoms with Crippen molar-refractivity contribution < 1.29 is 0 Å². The first-order chi connectivity index (χ1) is 8.16. The average Bonchev–Trinajstić information content (AvgIpc) is 2.28. The van der Waals surface area contributed by atoms with Gasteiger partial charge in [0.1, 0.15) is 0 Å². The fourth-order valence-electron chi connectivity index (χ4n) is 3.76. The standard InChI is InChI=1S/C15H22N2/c1-10-6-11(2)15-14(7-10)13-4-5-16-8-12(13)9-17(15)3/h6-7,12-13,16H,4-5,8-9H2,1-3H3. The maximum absolute atomic E-state index is 3.54. The molecule has 0 amide bonds. The summed E-state index contributed by atoms with van der Waals surface area (Å²) in [6.45, 7) is 8.04. The van der Waals surface area contributed by atoms with Gasteiger partial charge in [0.2, 0.25) is 0 Å². The molecule has 3 rings (SSSR count). The number of fused-ring (bicyclic) bond motifs is 3. The molecule has 2 heterocycles. The van der Waals surface area contributed by atoms with E-state index < -0.39 is 0 Å². The summed E-state index contributed by atoms with van der Waals surface area (Å²) in [6.07, 6.45) is 1.30. The van der Waals surface area contributed by atoms with Crippen LogP contribution >= 0.6 is 0 Å². The van der Waals surface area contributed by atoms with Crippen molar-refractivity contribution in [1.29, 1.82) is 0 Å². The Morgan fingerprint density at radius 1 is 1.29 bits per heavy atom. The van der Waals surface area contributed by atoms with Gasteiger partial charge in [0.15, 0.2) is 0 Å². The van der Waals surface area contributed by atoms with E-state index in [2.05, 4.69) is 43.2 Å². The minimum absolute atomic E-state index is 0.779. The van der Waals surface area contributed by atoms with Gasteiger partial charge in [-0.1, -0.05) is 17.7 Å². The van der Waals surface area contributed by atoms with E-state index in [1.807, 2.05) is 0 Å². The number of hydrogen-bond donors (Lipinski definition) is 1. The van der Waals surface area contributed by atoms with Gasteiger partial charge >= 0.3 is 0 Å². The van der Waals surface area contributed by atoms with E-state index in [-0.39, 0.29) is 0 Å². The Labute approximate surface area is 104 Å². The minimum atomic E-state index is 0.779. The molecule has 0 aromatic heterocycles. The highest BCUT2D eigenvalue weighted by molar-refractivity contribution is 5.63. The molecule has 2 nitrogen and oxygen atoms in total. The average molecular weight is 230 g/mol. The fourth-order valence-corrected chi connectivity index (χ4v) is 3.76. The van der Waals surface area contributed by atoms with Crippen molar-refractivity contribution in [1.82, 2.24) is 5.32 Å². The number of anilines is 1. The van der Waals surface area contributed by atoms with Crippen LogP contribution in [0, 0.1) is 19.8 Å². The molecule has 0 bridgehead atoms. The highest BCUT2D eigenvalue weighted by Gasteiger charge is 2.34. The highest BCUT2D eigenvalue weighted by Crippen LogP contribution is 2.43. The van der Waals surface area contributed by atoms with Gasteiger partial charge in [-0.05, 0) is 49.8 Å². The summed E-state index contributed by atoms with van der Waals surface area (Å²) >= 11 is 0. The smallest absolute Gasteiger partial charge is 0.0429 e. The fraction of sp³-hybridized carbons (Fsp3) is 0.600. The molecule has 0 radical (unpaired) electrons. The van der Waals surface area contributed by atoms with Gasteiger partial charge < -0.3 is 10.2 Å². The number of aryl methyl sites for hydroxylation is 2. The van der Waals surface area contributed by atoms with Crippen LogP contribution in [0.3, 0.4) is 0 Å². The molecule has 2 aliphatic rings. The number of rotatable bonds is 0. The zero-order chi connectivity index (χ0) is 12.0. The van der Waals surface area contributed by atoms with Crippen molar-refractivity contribution >= 4 is 5.69 Å². The molecule has 92 valence electrons. The third-order valence-electron chi connectivity index (χ3n) is 4.37. The van der Waals surface area contributed by atoms with E-state index in [0.717, 1.165) is 11.8 Å². The van der Waals surface area contributed by atoms with Crippen LogP contribution in [-0.4, -0.2) is 26.7 Å². The maximum atomic E-state index is 3.54. The van der Waals surface area contributed by atoms with Gasteiger partial charge in [0.05, 0.1) is 0 Å². The topological polar surface area (TPSA) is 15.3 Å². The normalized spacial score (nSPS) is 27.6. The molecule has 17 heavy (non-hydrogen) atoms. The van der Waals surface area contributed by atoms with Crippen molar-refractivity contribution in [3.8, 4) is 0 Å². The number of nitrogens with one attached hydrogen (secondary N) is 1. The Hall–Kier alpha value is -1.02. The van der Waals surface area contributed by atoms with Crippen LogP contribution in [0.5, 0.6) is 0 Å². The molecule has 1 aromatic rings. The summed E-state index contributed by atoms with van der Waals surface area (Å²) in [6, 6.07) is 4.73. The first-order valence-electron chi connectivity index (χ1n) is 6.70. The molecule has 2 aliphatic heterocycles. The van der Waals surface area contributed by atoms with E-state index in [1.165, 1.54) is 42.9 Å². The zero-order valence-electron chi connectivity index (χ0n) is 11.1. The van der Waals surface area contributed by atoms with Gasteiger partial charge in [-0.3, -0.25) is 0 Å². The quantitative estimate of drug-likeness (QED) is 0.736. The van der Waals surface area contributed by atoms with Gasteiger partial charge in [0, 0.05) is 25.8 Å².